The highest BCUT2D eigenvalue weighted by Gasteiger charge is 2.32. The van der Waals surface area contributed by atoms with Gasteiger partial charge in [0.2, 0.25) is 0 Å². The lowest BCUT2D eigenvalue weighted by atomic mass is 9.80. The summed E-state index contributed by atoms with van der Waals surface area (Å²) in [6.45, 7) is 54.1. The van der Waals surface area contributed by atoms with Gasteiger partial charge >= 0.3 is 0 Å². The predicted molar refractivity (Wildman–Crippen MR) is 315 cm³/mol. The third-order valence-corrected chi connectivity index (χ3v) is 14.2. The predicted octanol–water partition coefficient (Wildman–Crippen LogP) is 20.0. The van der Waals surface area contributed by atoms with Gasteiger partial charge in [0, 0.05) is 11.1 Å². The molecule has 0 aliphatic carbocycles. The summed E-state index contributed by atoms with van der Waals surface area (Å²) < 4.78 is 28.5. The third-order valence-electron chi connectivity index (χ3n) is 14.2. The van der Waals surface area contributed by atoms with Crippen molar-refractivity contribution in [2.24, 2.45) is 0 Å². The summed E-state index contributed by atoms with van der Waals surface area (Å²) in [6, 6.07) is 43.9. The average molecular weight is 1000 g/mol. The highest BCUT2D eigenvalue weighted by molar-refractivity contribution is 5.64. The smallest absolute Gasteiger partial charge is 0.267 e. The van der Waals surface area contributed by atoms with Crippen LogP contribution >= 0.6 is 0 Å². The number of hydrogen-bond acceptors (Lipinski definition) is 4. The second kappa shape index (κ2) is 20.6. The molecule has 0 aliphatic rings. The van der Waals surface area contributed by atoms with E-state index in [1.165, 1.54) is 22.3 Å². The zero-order valence-electron chi connectivity index (χ0n) is 50.3. The van der Waals surface area contributed by atoms with Crippen molar-refractivity contribution >= 4 is 0 Å². The Balaban J connectivity index is 1.43. The van der Waals surface area contributed by atoms with Gasteiger partial charge in [-0.3, -0.25) is 0 Å². The second-order valence-electron chi connectivity index (χ2n) is 29.2. The molecular weight excluding hydrogens is 905 g/mol. The molecule has 0 N–H and O–H groups in total. The van der Waals surface area contributed by atoms with Crippen molar-refractivity contribution in [2.75, 3.05) is 0 Å². The maximum Gasteiger partial charge on any atom is 0.267 e. The van der Waals surface area contributed by atoms with E-state index in [0.29, 0.717) is 0 Å². The zero-order chi connectivity index (χ0) is 55.4. The molecule has 4 nitrogen and oxygen atoms in total. The van der Waals surface area contributed by atoms with Gasteiger partial charge in [0.15, 0.2) is 0 Å². The van der Waals surface area contributed by atoms with Crippen LogP contribution in [0.3, 0.4) is 0 Å². The van der Waals surface area contributed by atoms with Gasteiger partial charge in [-0.05, 0) is 123 Å². The molecule has 0 aliphatic heterocycles. The topological polar surface area (TPSA) is 36.9 Å². The molecule has 398 valence electrons. The van der Waals surface area contributed by atoms with Crippen LogP contribution < -0.4 is 18.9 Å². The summed E-state index contributed by atoms with van der Waals surface area (Å²) in [5.41, 5.74) is 12.9. The molecular formula is C70H94O4. The Bertz CT molecular complexity index is 2520. The van der Waals surface area contributed by atoms with Gasteiger partial charge < -0.3 is 18.9 Å². The van der Waals surface area contributed by atoms with Gasteiger partial charge in [-0.2, -0.15) is 0 Å². The van der Waals surface area contributed by atoms with Crippen LogP contribution in [0.1, 0.15) is 234 Å². The Kier molecular flexibility index (Phi) is 16.1. The third kappa shape index (κ3) is 14.1. The van der Waals surface area contributed by atoms with Crippen molar-refractivity contribution in [2.45, 2.75) is 222 Å². The first kappa shape index (κ1) is 57.8. The minimum absolute atomic E-state index is 0.0118. The van der Waals surface area contributed by atoms with Crippen LogP contribution in [0.5, 0.6) is 23.0 Å². The Hall–Kier alpha value is -5.48. The molecule has 6 aromatic rings. The number of rotatable bonds is 11. The van der Waals surface area contributed by atoms with Crippen molar-refractivity contribution in [3.8, 4) is 34.1 Å². The molecule has 0 unspecified atom stereocenters. The van der Waals surface area contributed by atoms with Crippen molar-refractivity contribution < 1.29 is 18.9 Å². The quantitative estimate of drug-likeness (QED) is 0.121. The van der Waals surface area contributed by atoms with Gasteiger partial charge in [-0.25, -0.2) is 0 Å². The normalized spacial score (nSPS) is 13.4. The molecule has 0 aromatic heterocycles. The van der Waals surface area contributed by atoms with Crippen molar-refractivity contribution in [3.63, 3.8) is 0 Å². The van der Waals surface area contributed by atoms with Gasteiger partial charge in [0.25, 0.3) is 12.6 Å². The van der Waals surface area contributed by atoms with Crippen molar-refractivity contribution in [1.29, 1.82) is 0 Å². The van der Waals surface area contributed by atoms with Crippen molar-refractivity contribution in [3.05, 3.63) is 177 Å². The first-order valence-corrected chi connectivity index (χ1v) is 27.2. The molecule has 74 heavy (non-hydrogen) atoms. The standard InChI is InChI=1S/C70H94O4/c1-63(2,3)49-33-37-57(53(41-49)67(13,14)15)71-61(72-58-38-34-50(64(4,5)6)42-54(58)68(16,17)18)47-29-25-45(26-30-47)46-27-31-48(32-28-46)62(73-59-39-35-51(65(7,8)9)43-55(59)69(19,20)21)74-60-40-36-52(66(10,11)12)44-56(60)70(22,23)24/h25-44,61-62H,1-24H3. The summed E-state index contributed by atoms with van der Waals surface area (Å²) in [7, 11) is 0. The Labute approximate surface area is 450 Å². The molecule has 0 spiro atoms. The van der Waals surface area contributed by atoms with E-state index in [9.17, 15) is 0 Å². The van der Waals surface area contributed by atoms with E-state index in [-0.39, 0.29) is 43.3 Å². The number of ether oxygens (including phenoxy) is 4. The van der Waals surface area contributed by atoms with E-state index in [2.05, 4.69) is 287 Å². The minimum Gasteiger partial charge on any atom is -0.450 e. The molecule has 0 radical (unpaired) electrons. The molecule has 6 rings (SSSR count). The zero-order valence-corrected chi connectivity index (χ0v) is 50.3. The molecule has 0 bridgehead atoms. The number of hydrogen-bond donors (Lipinski definition) is 0. The van der Waals surface area contributed by atoms with Crippen LogP contribution in [0.25, 0.3) is 11.1 Å². The summed E-state index contributed by atoms with van der Waals surface area (Å²) >= 11 is 0. The fraction of sp³-hybridized carbons (Fsp3) is 0.486. The lowest BCUT2D eigenvalue weighted by Gasteiger charge is -2.31. The van der Waals surface area contributed by atoms with Crippen LogP contribution in [-0.4, -0.2) is 0 Å². The second-order valence-corrected chi connectivity index (χ2v) is 29.2. The van der Waals surface area contributed by atoms with Crippen LogP contribution in [-0.2, 0) is 43.3 Å². The molecule has 0 saturated carbocycles. The van der Waals surface area contributed by atoms with Crippen LogP contribution in [0.2, 0.25) is 0 Å². The lowest BCUT2D eigenvalue weighted by molar-refractivity contribution is 0.000817. The SMILES string of the molecule is CC(C)(C)c1ccc(OC(Oc2ccc(C(C)(C)C)cc2C(C)(C)C)c2ccc(-c3ccc(C(Oc4ccc(C(C)(C)C)cc4C(C)(C)C)Oc4ccc(C(C)(C)C)cc4C(C)(C)C)cc3)cc2)c(C(C)(C)C)c1. The van der Waals surface area contributed by atoms with E-state index >= 15 is 0 Å². The molecule has 6 aromatic carbocycles. The maximum absolute atomic E-state index is 7.13. The lowest BCUT2D eigenvalue weighted by Crippen LogP contribution is -2.23. The maximum atomic E-state index is 7.13. The molecule has 4 heteroatoms. The van der Waals surface area contributed by atoms with Gasteiger partial charge in [0.05, 0.1) is 0 Å². The van der Waals surface area contributed by atoms with E-state index in [1.54, 1.807) is 0 Å². The van der Waals surface area contributed by atoms with Crippen molar-refractivity contribution in [1.82, 2.24) is 0 Å². The van der Waals surface area contributed by atoms with Crippen LogP contribution in [0.4, 0.5) is 0 Å². The summed E-state index contributed by atoms with van der Waals surface area (Å²) in [4.78, 5) is 0. The van der Waals surface area contributed by atoms with E-state index in [1.807, 2.05) is 0 Å². The largest absolute Gasteiger partial charge is 0.450 e. The highest BCUT2D eigenvalue weighted by atomic mass is 16.7. The van der Waals surface area contributed by atoms with Gasteiger partial charge in [-0.15, -0.1) is 0 Å². The Morgan fingerprint density at radius 1 is 0.230 bits per heavy atom. The monoisotopic (exact) mass is 999 g/mol. The fourth-order valence-electron chi connectivity index (χ4n) is 9.19. The first-order valence-electron chi connectivity index (χ1n) is 27.2. The van der Waals surface area contributed by atoms with E-state index < -0.39 is 12.6 Å². The van der Waals surface area contributed by atoms with Crippen LogP contribution in [0, 0.1) is 0 Å². The molecule has 0 atom stereocenters. The summed E-state index contributed by atoms with van der Waals surface area (Å²) in [6.07, 6.45) is -1.45. The molecule has 0 heterocycles. The average Bonchev–Trinajstić information content (AvgIpc) is 3.26. The van der Waals surface area contributed by atoms with Crippen LogP contribution in [0.15, 0.2) is 121 Å². The Morgan fingerprint density at radius 2 is 0.419 bits per heavy atom. The first-order chi connectivity index (χ1) is 33.7. The molecule has 0 fully saturated rings. The highest BCUT2D eigenvalue weighted by Crippen LogP contribution is 2.44. The fourth-order valence-corrected chi connectivity index (χ4v) is 9.19. The Morgan fingerprint density at radius 3 is 0.581 bits per heavy atom. The summed E-state index contributed by atoms with van der Waals surface area (Å²) in [5.74, 6) is 3.27. The minimum atomic E-state index is -0.726. The molecule has 0 saturated heterocycles. The van der Waals surface area contributed by atoms with Gasteiger partial charge in [0.1, 0.15) is 23.0 Å². The summed E-state index contributed by atoms with van der Waals surface area (Å²) in [5, 5.41) is 0. The number of benzene rings is 6. The van der Waals surface area contributed by atoms with E-state index in [0.717, 1.165) is 67.5 Å². The molecule has 0 amide bonds. The van der Waals surface area contributed by atoms with E-state index in [4.69, 9.17) is 18.9 Å². The van der Waals surface area contributed by atoms with Gasteiger partial charge in [-0.1, -0.05) is 263 Å².